The molecule has 47 valence electrons. The second-order valence-corrected chi connectivity index (χ2v) is 0. The zero-order valence-corrected chi connectivity index (χ0v) is 12.5. The van der Waals surface area contributed by atoms with Crippen molar-refractivity contribution in [1.82, 2.24) is 0 Å². The van der Waals surface area contributed by atoms with Crippen LogP contribution >= 0.6 is 39.6 Å². The average molecular weight is 385 g/mol. The van der Waals surface area contributed by atoms with Gasteiger partial charge in [-0.25, -0.2) is 0 Å². The van der Waals surface area contributed by atoms with Gasteiger partial charge in [0.15, 0.2) is 0 Å². The van der Waals surface area contributed by atoms with E-state index in [1.54, 1.807) is 0 Å². The van der Waals surface area contributed by atoms with E-state index in [9.17, 15) is 0 Å². The van der Waals surface area contributed by atoms with Crippen LogP contribution in [0.15, 0.2) is 0 Å². The number of rotatable bonds is 0. The van der Waals surface area contributed by atoms with Gasteiger partial charge in [0, 0.05) is 0 Å². The van der Waals surface area contributed by atoms with E-state index in [4.69, 9.17) is 0 Å². The Morgan fingerprint density at radius 2 is 0.375 bits per heavy atom. The maximum atomic E-state index is 0. The molecule has 0 bridgehead atoms. The SMILES string of the molecule is [Mn+2].[Mn+2].[Mn+2].[Mo+6].[P-3].[P-3].[P-3].[P-3]. The maximum absolute atomic E-state index is 0. The second-order valence-electron chi connectivity index (χ2n) is 0. The van der Waals surface area contributed by atoms with Gasteiger partial charge >= 0.3 is 72.3 Å². The molecule has 0 amide bonds. The van der Waals surface area contributed by atoms with Crippen molar-refractivity contribution in [1.29, 1.82) is 0 Å². The van der Waals surface area contributed by atoms with E-state index in [2.05, 4.69) is 0 Å². The predicted molar refractivity (Wildman–Crippen MR) is 27.7 cm³/mol. The van der Waals surface area contributed by atoms with E-state index in [0.717, 1.165) is 0 Å². The molecule has 0 saturated carbocycles. The molecule has 8 heavy (non-hydrogen) atoms. The quantitative estimate of drug-likeness (QED) is 0.443. The van der Waals surface area contributed by atoms with Gasteiger partial charge in [0.1, 0.15) is 0 Å². The van der Waals surface area contributed by atoms with Crippen molar-refractivity contribution in [3.05, 3.63) is 0 Å². The summed E-state index contributed by atoms with van der Waals surface area (Å²) in [6, 6.07) is 0. The molecule has 8 heteroatoms. The minimum absolute atomic E-state index is 0. The van der Waals surface area contributed by atoms with Crippen LogP contribution in [0.3, 0.4) is 0 Å². The first-order chi connectivity index (χ1) is 0. The smallest absolute Gasteiger partial charge is 3.00 e. The van der Waals surface area contributed by atoms with Crippen LogP contribution in [0.2, 0.25) is 0 Å². The number of hydrogen-bond donors (Lipinski definition) is 0. The van der Waals surface area contributed by atoms with E-state index >= 15 is 0 Å². The van der Waals surface area contributed by atoms with E-state index in [-0.39, 0.29) is 112 Å². The maximum Gasteiger partial charge on any atom is 6.00 e. The van der Waals surface area contributed by atoms with Crippen molar-refractivity contribution < 1.29 is 72.3 Å². The Morgan fingerprint density at radius 3 is 0.375 bits per heavy atom. The zero-order chi connectivity index (χ0) is 0. The van der Waals surface area contributed by atoms with Crippen LogP contribution in [0.1, 0.15) is 0 Å². The molecule has 0 fully saturated rings. The third-order valence-electron chi connectivity index (χ3n) is 0. The zero-order valence-electron chi connectivity index (χ0n) is 3.33. The Morgan fingerprint density at radius 1 is 0.375 bits per heavy atom. The van der Waals surface area contributed by atoms with Crippen molar-refractivity contribution in [2.45, 2.75) is 0 Å². The molecule has 0 aromatic carbocycles. The molecule has 0 aliphatic carbocycles. The topological polar surface area (TPSA) is 0 Å². The standard InChI is InChI=1S/3Mn.Mo.4P/q3*+2;+6;4*-3. The Bertz CT molecular complexity index is 11.2. The van der Waals surface area contributed by atoms with Gasteiger partial charge in [-0.1, -0.05) is 0 Å². The molecule has 0 N–H and O–H groups in total. The molecule has 0 rings (SSSR count). The summed E-state index contributed by atoms with van der Waals surface area (Å²) in [4.78, 5) is 0. The normalized spacial score (nSPS) is 0. The minimum atomic E-state index is 0. The van der Waals surface area contributed by atoms with Crippen molar-refractivity contribution in [2.24, 2.45) is 0 Å². The van der Waals surface area contributed by atoms with Gasteiger partial charge in [-0.05, 0) is 0 Å². The summed E-state index contributed by atoms with van der Waals surface area (Å²) in [6.07, 6.45) is 0. The van der Waals surface area contributed by atoms with Gasteiger partial charge < -0.3 is 39.6 Å². The minimum Gasteiger partial charge on any atom is -3.00 e. The molecule has 0 aliphatic rings. The fourth-order valence-electron chi connectivity index (χ4n) is 0. The first kappa shape index (κ1) is 91.5. The molecule has 0 unspecified atom stereocenters. The monoisotopic (exact) mass is 387 g/mol. The van der Waals surface area contributed by atoms with E-state index in [0.29, 0.717) is 0 Å². The first-order valence-electron chi connectivity index (χ1n) is 0. The summed E-state index contributed by atoms with van der Waals surface area (Å²) in [6.45, 7) is 0. The Kier molecular flexibility index (Phi) is 792. The molecule has 0 heterocycles. The van der Waals surface area contributed by atoms with Crippen molar-refractivity contribution in [3.63, 3.8) is 0 Å². The van der Waals surface area contributed by atoms with Crippen molar-refractivity contribution in [3.8, 4) is 0 Å². The van der Waals surface area contributed by atoms with Gasteiger partial charge in [0.25, 0.3) is 0 Å². The summed E-state index contributed by atoms with van der Waals surface area (Å²) < 4.78 is 0. The molecule has 0 aromatic heterocycles. The van der Waals surface area contributed by atoms with Gasteiger partial charge in [0.2, 0.25) is 0 Å². The molecular formula is Mn3MoP4. The van der Waals surface area contributed by atoms with Crippen LogP contribution in [-0.4, -0.2) is 0 Å². The van der Waals surface area contributed by atoms with Gasteiger partial charge in [-0.2, -0.15) is 0 Å². The van der Waals surface area contributed by atoms with E-state index < -0.39 is 0 Å². The summed E-state index contributed by atoms with van der Waals surface area (Å²) in [7, 11) is 0. The molecule has 0 aliphatic heterocycles. The third-order valence-corrected chi connectivity index (χ3v) is 0. The van der Waals surface area contributed by atoms with E-state index in [1.165, 1.54) is 0 Å². The summed E-state index contributed by atoms with van der Waals surface area (Å²) in [5.74, 6) is 0. The van der Waals surface area contributed by atoms with Crippen LogP contribution in [0.5, 0.6) is 0 Å². The van der Waals surface area contributed by atoms with Crippen LogP contribution in [-0.2, 0) is 72.3 Å². The van der Waals surface area contributed by atoms with Crippen LogP contribution in [0, 0.1) is 0 Å². The Balaban J connectivity index is 0. The van der Waals surface area contributed by atoms with Crippen LogP contribution in [0.25, 0.3) is 0 Å². The molecule has 0 atom stereocenters. The fraction of sp³-hybridized carbons (Fsp3) is 0. The van der Waals surface area contributed by atoms with Crippen molar-refractivity contribution >= 4 is 39.6 Å². The summed E-state index contributed by atoms with van der Waals surface area (Å²) in [5.41, 5.74) is 0. The second kappa shape index (κ2) is 69.2. The molecule has 0 saturated heterocycles. The molecular weight excluding hydrogens is 385 g/mol. The largest absolute Gasteiger partial charge is 6.00 e. The molecule has 3 radical (unpaired) electrons. The summed E-state index contributed by atoms with van der Waals surface area (Å²) in [5, 5.41) is 0. The third kappa shape index (κ3) is 50.9. The summed E-state index contributed by atoms with van der Waals surface area (Å²) >= 11 is 0. The molecule has 0 aromatic rings. The average Bonchev–Trinajstić information content (AvgIpc) is 0. The van der Waals surface area contributed by atoms with Crippen LogP contribution < -0.4 is 0 Å². The Hall–Kier alpha value is 3.97. The van der Waals surface area contributed by atoms with E-state index in [1.807, 2.05) is 0 Å². The predicted octanol–water partition coefficient (Wildman–Crippen LogP) is 3.43. The van der Waals surface area contributed by atoms with Gasteiger partial charge in [0.05, 0.1) is 0 Å². The molecule has 0 spiro atoms. The Labute approximate surface area is 111 Å². The van der Waals surface area contributed by atoms with Gasteiger partial charge in [-0.15, -0.1) is 0 Å². The number of hydrogen-bond acceptors (Lipinski definition) is 0. The molecule has 0 nitrogen and oxygen atoms in total. The fourth-order valence-corrected chi connectivity index (χ4v) is 0. The van der Waals surface area contributed by atoms with Crippen molar-refractivity contribution in [2.75, 3.05) is 0 Å². The van der Waals surface area contributed by atoms with Gasteiger partial charge in [-0.3, -0.25) is 0 Å². The van der Waals surface area contributed by atoms with Crippen LogP contribution in [0.4, 0.5) is 0 Å². The first-order valence-corrected chi connectivity index (χ1v) is 0.